The molecule has 0 aromatic heterocycles. The third-order valence-corrected chi connectivity index (χ3v) is 5.27. The van der Waals surface area contributed by atoms with Crippen LogP contribution in [0, 0.1) is 12.3 Å². The number of ether oxygens (including phenoxy) is 2. The monoisotopic (exact) mass is 491 g/mol. The Labute approximate surface area is 205 Å². The van der Waals surface area contributed by atoms with Gasteiger partial charge in [-0.15, -0.1) is 6.42 Å². The molecule has 0 saturated carbocycles. The lowest BCUT2D eigenvalue weighted by molar-refractivity contribution is -0.143. The highest BCUT2D eigenvalue weighted by atomic mass is 32.2. The molecule has 0 radical (unpaired) electrons. The lowest BCUT2D eigenvalue weighted by atomic mass is 9.98. The van der Waals surface area contributed by atoms with Gasteiger partial charge in [0.15, 0.2) is 0 Å². The Bertz CT molecular complexity index is 922. The number of methoxy groups -OCH3 is 1. The van der Waals surface area contributed by atoms with Crippen molar-refractivity contribution in [2.45, 2.75) is 44.9 Å². The molecular weight excluding hydrogens is 458 g/mol. The number of carbonyl (C=O) groups is 4. The molecule has 1 rings (SSSR count). The molecule has 0 fully saturated rings. The van der Waals surface area contributed by atoms with Crippen molar-refractivity contribution in [1.29, 1.82) is 0 Å². The van der Waals surface area contributed by atoms with Crippen LogP contribution in [0.3, 0.4) is 0 Å². The van der Waals surface area contributed by atoms with Gasteiger partial charge in [0.05, 0.1) is 7.11 Å². The topological polar surface area (TPSA) is 114 Å². The fraction of sp³-hybridized carbons (Fsp3) is 0.500. The number of terminal acetylenes is 1. The van der Waals surface area contributed by atoms with Crippen molar-refractivity contribution in [2.24, 2.45) is 0 Å². The number of hydrogen-bond acceptors (Lipinski definition) is 7. The third kappa shape index (κ3) is 8.98. The van der Waals surface area contributed by atoms with Gasteiger partial charge in [0.2, 0.25) is 11.8 Å². The first kappa shape index (κ1) is 28.8. The van der Waals surface area contributed by atoms with E-state index in [1.165, 1.54) is 30.8 Å². The number of hydrogen-bond donors (Lipinski definition) is 2. The molecule has 0 heterocycles. The van der Waals surface area contributed by atoms with E-state index < -0.39 is 41.6 Å². The maximum Gasteiger partial charge on any atom is 0.408 e. The molecule has 2 unspecified atom stereocenters. The second kappa shape index (κ2) is 13.5. The van der Waals surface area contributed by atoms with Crippen molar-refractivity contribution in [1.82, 2.24) is 15.5 Å². The summed E-state index contributed by atoms with van der Waals surface area (Å²) in [4.78, 5) is 51.8. The van der Waals surface area contributed by atoms with Crippen LogP contribution in [-0.2, 0) is 23.9 Å². The van der Waals surface area contributed by atoms with Crippen molar-refractivity contribution in [2.75, 3.05) is 32.7 Å². The minimum Gasteiger partial charge on any atom is -0.468 e. The molecule has 0 aliphatic carbocycles. The van der Waals surface area contributed by atoms with Gasteiger partial charge >= 0.3 is 12.1 Å². The quantitative estimate of drug-likeness (QED) is 0.381. The summed E-state index contributed by atoms with van der Waals surface area (Å²) in [7, 11) is 2.65. The Morgan fingerprint density at radius 2 is 1.85 bits per heavy atom. The highest BCUT2D eigenvalue weighted by molar-refractivity contribution is 7.98. The summed E-state index contributed by atoms with van der Waals surface area (Å²) in [6.45, 7) is 4.78. The average molecular weight is 492 g/mol. The predicted molar refractivity (Wildman–Crippen MR) is 131 cm³/mol. The van der Waals surface area contributed by atoms with Gasteiger partial charge < -0.3 is 25.0 Å². The molecule has 0 saturated heterocycles. The molecule has 0 aliphatic heterocycles. The number of amides is 3. The molecular formula is C24H33N3O6S. The zero-order valence-electron chi connectivity index (χ0n) is 20.5. The smallest absolute Gasteiger partial charge is 0.408 e. The lowest BCUT2D eigenvalue weighted by Crippen LogP contribution is -2.52. The first-order valence-corrected chi connectivity index (χ1v) is 12.0. The molecule has 9 nitrogen and oxygen atoms in total. The molecule has 0 aliphatic rings. The number of nitrogens with one attached hydrogen (secondary N) is 2. The van der Waals surface area contributed by atoms with E-state index in [1.807, 2.05) is 6.26 Å². The van der Waals surface area contributed by atoms with Crippen LogP contribution in [-0.4, -0.2) is 73.1 Å². The summed E-state index contributed by atoms with van der Waals surface area (Å²) in [5, 5.41) is 5.09. The fourth-order valence-corrected chi connectivity index (χ4v) is 3.51. The third-order valence-electron chi connectivity index (χ3n) is 4.63. The number of rotatable bonds is 10. The molecule has 3 amide bonds. The summed E-state index contributed by atoms with van der Waals surface area (Å²) in [5.41, 5.74) is 0.0794. The normalized spacial score (nSPS) is 12.5. The van der Waals surface area contributed by atoms with Crippen LogP contribution in [0.5, 0.6) is 0 Å². The molecule has 1 aromatic rings. The Hall–Kier alpha value is -3.19. The minimum absolute atomic E-state index is 0.316. The van der Waals surface area contributed by atoms with Gasteiger partial charge in [-0.05, 0) is 50.8 Å². The number of alkyl carbamates (subject to hydrolysis) is 1. The molecule has 10 heteroatoms. The summed E-state index contributed by atoms with van der Waals surface area (Å²) < 4.78 is 9.87. The number of esters is 1. The fourth-order valence-electron chi connectivity index (χ4n) is 3.04. The second-order valence-corrected chi connectivity index (χ2v) is 9.34. The molecule has 1 aromatic carbocycles. The molecule has 0 bridgehead atoms. The Morgan fingerprint density at radius 1 is 1.21 bits per heavy atom. The molecule has 2 N–H and O–H groups in total. The van der Waals surface area contributed by atoms with Crippen LogP contribution in [0.15, 0.2) is 24.3 Å². The highest BCUT2D eigenvalue weighted by Gasteiger charge is 2.35. The maximum absolute atomic E-state index is 13.5. The molecule has 0 spiro atoms. The number of likely N-dealkylation sites (N-methyl/N-ethyl adjacent to an activating group) is 1. The number of nitrogens with zero attached hydrogens (tertiary/aromatic N) is 1. The Kier molecular flexibility index (Phi) is 11.5. The first-order valence-electron chi connectivity index (χ1n) is 10.6. The number of benzene rings is 1. The average Bonchev–Trinajstić information content (AvgIpc) is 2.78. The van der Waals surface area contributed by atoms with Crippen molar-refractivity contribution in [3.63, 3.8) is 0 Å². The molecule has 186 valence electrons. The van der Waals surface area contributed by atoms with E-state index >= 15 is 0 Å². The van der Waals surface area contributed by atoms with E-state index in [4.69, 9.17) is 11.2 Å². The van der Waals surface area contributed by atoms with Crippen LogP contribution in [0.2, 0.25) is 0 Å². The summed E-state index contributed by atoms with van der Waals surface area (Å²) in [6, 6.07) is 4.61. The van der Waals surface area contributed by atoms with Crippen molar-refractivity contribution < 1.29 is 28.7 Å². The van der Waals surface area contributed by atoms with Crippen LogP contribution < -0.4 is 10.6 Å². The Balaban J connectivity index is 3.30. The zero-order valence-corrected chi connectivity index (χ0v) is 21.3. The van der Waals surface area contributed by atoms with Gasteiger partial charge in [-0.2, -0.15) is 11.8 Å². The van der Waals surface area contributed by atoms with Gasteiger partial charge in [0, 0.05) is 12.6 Å². The van der Waals surface area contributed by atoms with E-state index in [1.54, 1.807) is 45.0 Å². The van der Waals surface area contributed by atoms with Crippen LogP contribution in [0.1, 0.15) is 44.4 Å². The summed E-state index contributed by atoms with van der Waals surface area (Å²) in [6.07, 6.45) is 7.08. The van der Waals surface area contributed by atoms with Gasteiger partial charge in [-0.25, -0.2) is 4.79 Å². The van der Waals surface area contributed by atoms with E-state index in [2.05, 4.69) is 21.3 Å². The maximum atomic E-state index is 13.5. The minimum atomic E-state index is -1.15. The molecule has 2 atom stereocenters. The largest absolute Gasteiger partial charge is 0.468 e. The van der Waals surface area contributed by atoms with Crippen LogP contribution in [0.4, 0.5) is 4.79 Å². The number of thioether (sulfide) groups is 1. The second-order valence-electron chi connectivity index (χ2n) is 8.36. The summed E-state index contributed by atoms with van der Waals surface area (Å²) in [5.74, 6) is 1.33. The zero-order chi connectivity index (χ0) is 25.9. The SMILES string of the molecule is C#Cc1ccccc1C(C(=O)NCC(=O)OC)N(C)C(=O)C(CCSC)NC(=O)OC(C)(C)C. The van der Waals surface area contributed by atoms with Crippen molar-refractivity contribution in [3.05, 3.63) is 35.4 Å². The Morgan fingerprint density at radius 3 is 2.41 bits per heavy atom. The van der Waals surface area contributed by atoms with Crippen LogP contribution in [0.25, 0.3) is 0 Å². The summed E-state index contributed by atoms with van der Waals surface area (Å²) >= 11 is 1.51. The van der Waals surface area contributed by atoms with Crippen molar-refractivity contribution >= 4 is 35.6 Å². The van der Waals surface area contributed by atoms with E-state index in [0.717, 1.165) is 0 Å². The predicted octanol–water partition coefficient (Wildman–Crippen LogP) is 2.10. The molecule has 34 heavy (non-hydrogen) atoms. The lowest BCUT2D eigenvalue weighted by Gasteiger charge is -2.32. The first-order chi connectivity index (χ1) is 15.9. The van der Waals surface area contributed by atoms with E-state index in [9.17, 15) is 19.2 Å². The van der Waals surface area contributed by atoms with E-state index in [0.29, 0.717) is 23.3 Å². The standard InChI is InChI=1S/C24H33N3O6S/c1-8-16-11-9-10-12-17(16)20(21(29)25-15-19(28)32-6)27(5)22(30)18(13-14-34-7)26-23(31)33-24(2,3)4/h1,9-12,18,20H,13-15H2,2-7H3,(H,25,29)(H,26,31). The van der Waals surface area contributed by atoms with Crippen LogP contribution >= 0.6 is 11.8 Å². The number of carbonyl (C=O) groups excluding carboxylic acids is 4. The van der Waals surface area contributed by atoms with Gasteiger partial charge in [0.1, 0.15) is 24.2 Å². The van der Waals surface area contributed by atoms with Gasteiger partial charge in [0.25, 0.3) is 0 Å². The van der Waals surface area contributed by atoms with Gasteiger partial charge in [-0.1, -0.05) is 24.1 Å². The van der Waals surface area contributed by atoms with E-state index in [-0.39, 0.29) is 6.54 Å². The highest BCUT2D eigenvalue weighted by Crippen LogP contribution is 2.25. The van der Waals surface area contributed by atoms with Crippen molar-refractivity contribution in [3.8, 4) is 12.3 Å². The van der Waals surface area contributed by atoms with Gasteiger partial charge in [-0.3, -0.25) is 14.4 Å².